The van der Waals surface area contributed by atoms with Crippen LogP contribution in [0.5, 0.6) is 0 Å². The van der Waals surface area contributed by atoms with Gasteiger partial charge in [0.25, 0.3) is 0 Å². The van der Waals surface area contributed by atoms with Gasteiger partial charge in [-0.1, -0.05) is 24.3 Å². The third kappa shape index (κ3) is 4.62. The Kier molecular flexibility index (Phi) is 5.86. The van der Waals surface area contributed by atoms with Crippen molar-refractivity contribution in [3.63, 3.8) is 0 Å². The van der Waals surface area contributed by atoms with Gasteiger partial charge in [0, 0.05) is 48.7 Å². The number of pyridine rings is 1. The molecule has 0 fully saturated rings. The van der Waals surface area contributed by atoms with Crippen molar-refractivity contribution in [3.05, 3.63) is 66.6 Å². The lowest BCUT2D eigenvalue weighted by atomic mass is 10.2. The SMILES string of the molecule is C[C@H](CNCCc1nsc2ccccc12)NS(=O)(=O)c1ccc2cnccc2c1. The highest BCUT2D eigenvalue weighted by molar-refractivity contribution is 7.89. The van der Waals surface area contributed by atoms with Crippen LogP contribution in [0.15, 0.2) is 65.8 Å². The molecule has 29 heavy (non-hydrogen) atoms. The average Bonchev–Trinajstić information content (AvgIpc) is 3.14. The monoisotopic (exact) mass is 426 g/mol. The summed E-state index contributed by atoms with van der Waals surface area (Å²) in [6.07, 6.45) is 4.18. The van der Waals surface area contributed by atoms with Gasteiger partial charge >= 0.3 is 0 Å². The van der Waals surface area contributed by atoms with Crippen molar-refractivity contribution in [1.82, 2.24) is 19.4 Å². The third-order valence-electron chi connectivity index (χ3n) is 4.72. The Morgan fingerprint density at radius 3 is 2.86 bits per heavy atom. The first-order valence-corrected chi connectivity index (χ1v) is 11.7. The van der Waals surface area contributed by atoms with Crippen LogP contribution in [0.25, 0.3) is 20.9 Å². The zero-order valence-electron chi connectivity index (χ0n) is 16.0. The van der Waals surface area contributed by atoms with E-state index in [1.165, 1.54) is 21.6 Å². The van der Waals surface area contributed by atoms with E-state index < -0.39 is 10.0 Å². The molecular weight excluding hydrogens is 404 g/mol. The fourth-order valence-corrected chi connectivity index (χ4v) is 5.35. The van der Waals surface area contributed by atoms with E-state index in [9.17, 15) is 8.42 Å². The van der Waals surface area contributed by atoms with Crippen LogP contribution in [-0.2, 0) is 16.4 Å². The highest BCUT2D eigenvalue weighted by atomic mass is 32.2. The Hall–Kier alpha value is -2.39. The van der Waals surface area contributed by atoms with Crippen molar-refractivity contribution in [2.75, 3.05) is 13.1 Å². The van der Waals surface area contributed by atoms with Crippen LogP contribution in [0.4, 0.5) is 0 Å². The molecule has 0 saturated heterocycles. The van der Waals surface area contributed by atoms with Crippen molar-refractivity contribution in [2.24, 2.45) is 0 Å². The van der Waals surface area contributed by atoms with E-state index in [1.54, 1.807) is 30.6 Å². The molecule has 150 valence electrons. The summed E-state index contributed by atoms with van der Waals surface area (Å²) in [5, 5.41) is 6.28. The molecule has 0 spiro atoms. The van der Waals surface area contributed by atoms with E-state index in [0.717, 1.165) is 29.4 Å². The molecule has 0 radical (unpaired) electrons. The summed E-state index contributed by atoms with van der Waals surface area (Å²) in [7, 11) is -3.58. The molecule has 0 saturated carbocycles. The Morgan fingerprint density at radius 1 is 1.10 bits per heavy atom. The minimum atomic E-state index is -3.58. The molecule has 2 heterocycles. The Labute approximate surface area is 174 Å². The fourth-order valence-electron chi connectivity index (χ4n) is 3.25. The van der Waals surface area contributed by atoms with Gasteiger partial charge in [0.05, 0.1) is 15.3 Å². The van der Waals surface area contributed by atoms with Gasteiger partial charge < -0.3 is 5.32 Å². The molecule has 0 unspecified atom stereocenters. The smallest absolute Gasteiger partial charge is 0.240 e. The summed E-state index contributed by atoms with van der Waals surface area (Å²) in [5.41, 5.74) is 1.08. The molecule has 4 rings (SSSR count). The molecule has 0 aliphatic heterocycles. The predicted molar refractivity (Wildman–Crippen MR) is 118 cm³/mol. The number of sulfonamides is 1. The van der Waals surface area contributed by atoms with E-state index in [-0.39, 0.29) is 10.9 Å². The van der Waals surface area contributed by atoms with Gasteiger partial charge in [-0.3, -0.25) is 4.98 Å². The molecule has 8 heteroatoms. The quantitative estimate of drug-likeness (QED) is 0.422. The van der Waals surface area contributed by atoms with Crippen LogP contribution >= 0.6 is 11.5 Å². The van der Waals surface area contributed by atoms with E-state index in [2.05, 4.69) is 31.5 Å². The van der Waals surface area contributed by atoms with Gasteiger partial charge in [-0.05, 0) is 48.1 Å². The van der Waals surface area contributed by atoms with Crippen molar-refractivity contribution >= 4 is 42.4 Å². The molecule has 1 atom stereocenters. The fraction of sp³-hybridized carbons (Fsp3) is 0.238. The molecule has 4 aromatic rings. The normalized spacial score (nSPS) is 13.1. The molecule has 0 bridgehead atoms. The number of fused-ring (bicyclic) bond motifs is 2. The zero-order valence-corrected chi connectivity index (χ0v) is 17.6. The number of nitrogens with one attached hydrogen (secondary N) is 2. The minimum Gasteiger partial charge on any atom is -0.315 e. The molecular formula is C21H22N4O2S2. The van der Waals surface area contributed by atoms with Crippen molar-refractivity contribution in [2.45, 2.75) is 24.3 Å². The number of nitrogens with zero attached hydrogens (tertiary/aromatic N) is 2. The number of rotatable bonds is 8. The van der Waals surface area contributed by atoms with Crippen LogP contribution < -0.4 is 10.0 Å². The second kappa shape index (κ2) is 8.54. The van der Waals surface area contributed by atoms with Crippen LogP contribution in [0, 0.1) is 0 Å². The number of aromatic nitrogens is 2. The Bertz CT molecular complexity index is 1240. The number of hydrogen-bond acceptors (Lipinski definition) is 6. The molecule has 0 aliphatic carbocycles. The molecule has 6 nitrogen and oxygen atoms in total. The lowest BCUT2D eigenvalue weighted by Crippen LogP contribution is -2.40. The van der Waals surface area contributed by atoms with Crippen LogP contribution in [0.2, 0.25) is 0 Å². The topological polar surface area (TPSA) is 84.0 Å². The van der Waals surface area contributed by atoms with E-state index in [1.807, 2.05) is 25.1 Å². The molecule has 0 amide bonds. The van der Waals surface area contributed by atoms with E-state index >= 15 is 0 Å². The second-order valence-electron chi connectivity index (χ2n) is 6.99. The maximum absolute atomic E-state index is 12.7. The van der Waals surface area contributed by atoms with Crippen molar-refractivity contribution in [1.29, 1.82) is 0 Å². The summed E-state index contributed by atoms with van der Waals surface area (Å²) >= 11 is 1.51. The summed E-state index contributed by atoms with van der Waals surface area (Å²) < 4.78 is 33.8. The lowest BCUT2D eigenvalue weighted by Gasteiger charge is -2.15. The van der Waals surface area contributed by atoms with Crippen molar-refractivity contribution < 1.29 is 8.42 Å². The first-order chi connectivity index (χ1) is 14.0. The van der Waals surface area contributed by atoms with Gasteiger partial charge in [-0.2, -0.15) is 4.37 Å². The van der Waals surface area contributed by atoms with Crippen LogP contribution in [0.1, 0.15) is 12.6 Å². The Morgan fingerprint density at radius 2 is 1.97 bits per heavy atom. The first kappa shape index (κ1) is 19.9. The van der Waals surface area contributed by atoms with Gasteiger partial charge in [0.1, 0.15) is 0 Å². The van der Waals surface area contributed by atoms with E-state index in [4.69, 9.17) is 0 Å². The summed E-state index contributed by atoms with van der Waals surface area (Å²) in [4.78, 5) is 4.31. The average molecular weight is 427 g/mol. The van der Waals surface area contributed by atoms with Crippen LogP contribution in [-0.4, -0.2) is 36.9 Å². The van der Waals surface area contributed by atoms with Crippen molar-refractivity contribution in [3.8, 4) is 0 Å². The van der Waals surface area contributed by atoms with Gasteiger partial charge in [-0.15, -0.1) is 0 Å². The highest BCUT2D eigenvalue weighted by Crippen LogP contribution is 2.22. The number of hydrogen-bond donors (Lipinski definition) is 2. The zero-order chi connectivity index (χ0) is 20.3. The molecule has 2 N–H and O–H groups in total. The van der Waals surface area contributed by atoms with Gasteiger partial charge in [0.15, 0.2) is 0 Å². The summed E-state index contributed by atoms with van der Waals surface area (Å²) in [6.45, 7) is 3.13. The summed E-state index contributed by atoms with van der Waals surface area (Å²) in [5.74, 6) is 0. The summed E-state index contributed by atoms with van der Waals surface area (Å²) in [6, 6.07) is 14.8. The Balaban J connectivity index is 1.32. The highest BCUT2D eigenvalue weighted by Gasteiger charge is 2.17. The maximum Gasteiger partial charge on any atom is 0.240 e. The maximum atomic E-state index is 12.7. The largest absolute Gasteiger partial charge is 0.315 e. The standard InChI is InChI=1S/C21H22N4O2S2/c1-15(13-22-11-9-20-19-4-2-3-5-21(19)28-24-20)25-29(26,27)18-7-6-17-14-23-10-8-16(17)12-18/h2-8,10,12,14-15,22,25H,9,11,13H2,1H3/t15-/m1/s1. The van der Waals surface area contributed by atoms with Gasteiger partial charge in [-0.25, -0.2) is 13.1 Å². The molecule has 0 aliphatic rings. The molecule has 2 aromatic heterocycles. The third-order valence-corrected chi connectivity index (χ3v) is 7.17. The van der Waals surface area contributed by atoms with Crippen LogP contribution in [0.3, 0.4) is 0 Å². The van der Waals surface area contributed by atoms with Gasteiger partial charge in [0.2, 0.25) is 10.0 Å². The first-order valence-electron chi connectivity index (χ1n) is 9.43. The minimum absolute atomic E-state index is 0.236. The predicted octanol–water partition coefficient (Wildman–Crippen LogP) is 3.34. The van der Waals surface area contributed by atoms with E-state index in [0.29, 0.717) is 6.54 Å². The lowest BCUT2D eigenvalue weighted by molar-refractivity contribution is 0.537. The molecule has 2 aromatic carbocycles. The number of benzene rings is 2. The second-order valence-corrected chi connectivity index (χ2v) is 9.51.